The van der Waals surface area contributed by atoms with Gasteiger partial charge >= 0.3 is 0 Å². The van der Waals surface area contributed by atoms with Crippen LogP contribution in [0.15, 0.2) is 60.7 Å². The second-order valence-electron chi connectivity index (χ2n) is 10.1. The van der Waals surface area contributed by atoms with E-state index in [4.69, 9.17) is 4.74 Å². The molecule has 0 N–H and O–H groups in total. The van der Waals surface area contributed by atoms with Crippen molar-refractivity contribution in [2.24, 2.45) is 11.8 Å². The zero-order valence-corrected chi connectivity index (χ0v) is 23.0. The molecule has 0 aliphatic heterocycles. The molecular formula is C34H50O. The Hall–Kier alpha value is -2.28. The second kappa shape index (κ2) is 18.1. The number of allylic oxidation sites excluding steroid dienone is 2. The largest absolute Gasteiger partial charge is 0.493 e. The van der Waals surface area contributed by atoms with E-state index in [1.54, 1.807) is 0 Å². The van der Waals surface area contributed by atoms with Gasteiger partial charge in [0.25, 0.3) is 0 Å². The summed E-state index contributed by atoms with van der Waals surface area (Å²) in [5.74, 6) is 2.55. The van der Waals surface area contributed by atoms with E-state index in [2.05, 4.69) is 101 Å². The number of hydrogen-bond donors (Lipinski definition) is 0. The molecule has 0 spiro atoms. The van der Waals surface area contributed by atoms with E-state index < -0.39 is 0 Å². The highest BCUT2D eigenvalue weighted by Crippen LogP contribution is 2.20. The molecule has 2 aromatic carbocycles. The predicted molar refractivity (Wildman–Crippen MR) is 156 cm³/mol. The van der Waals surface area contributed by atoms with Crippen LogP contribution in [0.5, 0.6) is 5.75 Å². The normalized spacial score (nSPS) is 13.5. The SMILES string of the molecule is CCCCC(CC)CCCc1ccc(/C=C/C=C/c2ccc(OCC(CC)CCCC)cc2)cc1. The molecule has 0 saturated carbocycles. The fourth-order valence-electron chi connectivity index (χ4n) is 4.56. The van der Waals surface area contributed by atoms with Gasteiger partial charge in [0.15, 0.2) is 0 Å². The Bertz CT molecular complexity index is 828. The van der Waals surface area contributed by atoms with E-state index in [9.17, 15) is 0 Å². The molecule has 0 aliphatic carbocycles. The van der Waals surface area contributed by atoms with Crippen molar-refractivity contribution in [2.45, 2.75) is 98.3 Å². The van der Waals surface area contributed by atoms with Gasteiger partial charge < -0.3 is 4.74 Å². The third-order valence-electron chi connectivity index (χ3n) is 7.20. The number of aryl methyl sites for hydroxylation is 1. The van der Waals surface area contributed by atoms with Crippen molar-refractivity contribution in [1.29, 1.82) is 0 Å². The molecule has 1 heteroatoms. The maximum Gasteiger partial charge on any atom is 0.119 e. The van der Waals surface area contributed by atoms with Crippen molar-refractivity contribution in [3.63, 3.8) is 0 Å². The molecule has 0 saturated heterocycles. The molecule has 0 heterocycles. The summed E-state index contributed by atoms with van der Waals surface area (Å²) in [5, 5.41) is 0. The Morgan fingerprint density at radius 2 is 1.14 bits per heavy atom. The fraction of sp³-hybridized carbons (Fsp3) is 0.529. The molecule has 1 nitrogen and oxygen atoms in total. The minimum atomic E-state index is 0.665. The van der Waals surface area contributed by atoms with Crippen molar-refractivity contribution < 1.29 is 4.74 Å². The van der Waals surface area contributed by atoms with Gasteiger partial charge in [-0.25, -0.2) is 0 Å². The van der Waals surface area contributed by atoms with Gasteiger partial charge in [-0.1, -0.05) is 140 Å². The molecule has 2 rings (SSSR count). The summed E-state index contributed by atoms with van der Waals surface area (Å²) in [5.41, 5.74) is 3.91. The summed E-state index contributed by atoms with van der Waals surface area (Å²) in [4.78, 5) is 0. The van der Waals surface area contributed by atoms with E-state index in [0.717, 1.165) is 18.3 Å². The van der Waals surface area contributed by atoms with E-state index in [1.165, 1.54) is 87.3 Å². The van der Waals surface area contributed by atoms with Crippen LogP contribution in [0, 0.1) is 11.8 Å². The van der Waals surface area contributed by atoms with E-state index >= 15 is 0 Å². The highest BCUT2D eigenvalue weighted by atomic mass is 16.5. The van der Waals surface area contributed by atoms with Crippen molar-refractivity contribution in [2.75, 3.05) is 6.61 Å². The molecule has 0 amide bonds. The van der Waals surface area contributed by atoms with E-state index in [1.807, 2.05) is 0 Å². The van der Waals surface area contributed by atoms with Crippen molar-refractivity contribution >= 4 is 12.2 Å². The first-order chi connectivity index (χ1) is 17.2. The lowest BCUT2D eigenvalue weighted by molar-refractivity contribution is 0.233. The predicted octanol–water partition coefficient (Wildman–Crippen LogP) is 10.5. The lowest BCUT2D eigenvalue weighted by Gasteiger charge is -2.15. The van der Waals surface area contributed by atoms with Crippen molar-refractivity contribution in [1.82, 2.24) is 0 Å². The summed E-state index contributed by atoms with van der Waals surface area (Å²) < 4.78 is 6.02. The minimum Gasteiger partial charge on any atom is -0.493 e. The van der Waals surface area contributed by atoms with Gasteiger partial charge in [0, 0.05) is 0 Å². The summed E-state index contributed by atoms with van der Waals surface area (Å²) in [6, 6.07) is 17.5. The van der Waals surface area contributed by atoms with Crippen LogP contribution >= 0.6 is 0 Å². The topological polar surface area (TPSA) is 9.23 Å². The molecule has 35 heavy (non-hydrogen) atoms. The van der Waals surface area contributed by atoms with Crippen LogP contribution in [0.25, 0.3) is 12.2 Å². The average molecular weight is 475 g/mol. The maximum absolute atomic E-state index is 6.02. The van der Waals surface area contributed by atoms with Gasteiger partial charge in [-0.15, -0.1) is 0 Å². The first-order valence-corrected chi connectivity index (χ1v) is 14.3. The Kier molecular flexibility index (Phi) is 14.9. The van der Waals surface area contributed by atoms with Gasteiger partial charge in [0.05, 0.1) is 6.61 Å². The quantitative estimate of drug-likeness (QED) is 0.195. The molecule has 0 fully saturated rings. The van der Waals surface area contributed by atoms with Crippen LogP contribution in [0.3, 0.4) is 0 Å². The summed E-state index contributed by atoms with van der Waals surface area (Å²) >= 11 is 0. The summed E-state index contributed by atoms with van der Waals surface area (Å²) in [7, 11) is 0. The smallest absolute Gasteiger partial charge is 0.119 e. The first-order valence-electron chi connectivity index (χ1n) is 14.3. The molecule has 0 aliphatic rings. The van der Waals surface area contributed by atoms with Gasteiger partial charge in [-0.3, -0.25) is 0 Å². The lowest BCUT2D eigenvalue weighted by atomic mass is 9.92. The Morgan fingerprint density at radius 3 is 1.69 bits per heavy atom. The molecular weight excluding hydrogens is 424 g/mol. The average Bonchev–Trinajstić information content (AvgIpc) is 2.90. The summed E-state index contributed by atoms with van der Waals surface area (Å²) in [6.07, 6.45) is 22.9. The lowest BCUT2D eigenvalue weighted by Crippen LogP contribution is -2.11. The minimum absolute atomic E-state index is 0.665. The van der Waals surface area contributed by atoms with Crippen LogP contribution < -0.4 is 4.74 Å². The number of hydrogen-bond acceptors (Lipinski definition) is 1. The molecule has 0 radical (unpaired) electrons. The van der Waals surface area contributed by atoms with Crippen LogP contribution in [0.4, 0.5) is 0 Å². The Balaban J connectivity index is 1.74. The third-order valence-corrected chi connectivity index (χ3v) is 7.20. The van der Waals surface area contributed by atoms with E-state index in [-0.39, 0.29) is 0 Å². The van der Waals surface area contributed by atoms with Crippen LogP contribution in [-0.2, 0) is 6.42 Å². The van der Waals surface area contributed by atoms with Gasteiger partial charge in [0.1, 0.15) is 5.75 Å². The van der Waals surface area contributed by atoms with Gasteiger partial charge in [-0.05, 0) is 59.9 Å². The van der Waals surface area contributed by atoms with Gasteiger partial charge in [-0.2, -0.15) is 0 Å². The van der Waals surface area contributed by atoms with Crippen LogP contribution in [0.2, 0.25) is 0 Å². The third kappa shape index (κ3) is 12.3. The Morgan fingerprint density at radius 1 is 0.629 bits per heavy atom. The number of benzene rings is 2. The Labute approximate surface area is 216 Å². The molecule has 2 aromatic rings. The zero-order chi connectivity index (χ0) is 25.1. The number of rotatable bonds is 18. The first kappa shape index (κ1) is 29.0. The van der Waals surface area contributed by atoms with Crippen LogP contribution in [0.1, 0.15) is 109 Å². The monoisotopic (exact) mass is 474 g/mol. The number of ether oxygens (including phenoxy) is 1. The van der Waals surface area contributed by atoms with E-state index in [0.29, 0.717) is 5.92 Å². The van der Waals surface area contributed by atoms with Crippen molar-refractivity contribution in [3.8, 4) is 5.75 Å². The van der Waals surface area contributed by atoms with Crippen molar-refractivity contribution in [3.05, 3.63) is 77.4 Å². The molecule has 0 aromatic heterocycles. The molecule has 2 unspecified atom stereocenters. The highest BCUT2D eigenvalue weighted by molar-refractivity contribution is 5.57. The standard InChI is InChI=1S/C34H50O/c1-5-9-14-29(7-3)18-13-19-33-22-20-31(21-23-33)16-11-12-17-32-24-26-34(27-25-32)35-28-30(8-4)15-10-6-2/h11-12,16-17,20-27,29-30H,5-10,13-15,18-19,28H2,1-4H3/b16-11+,17-12+. The maximum atomic E-state index is 6.02. The second-order valence-corrected chi connectivity index (χ2v) is 10.1. The molecule has 2 atom stereocenters. The molecule has 0 bridgehead atoms. The number of unbranched alkanes of at least 4 members (excludes halogenated alkanes) is 2. The highest BCUT2D eigenvalue weighted by Gasteiger charge is 2.07. The fourth-order valence-corrected chi connectivity index (χ4v) is 4.56. The zero-order valence-electron chi connectivity index (χ0n) is 23.0. The molecule has 192 valence electrons. The van der Waals surface area contributed by atoms with Gasteiger partial charge in [0.2, 0.25) is 0 Å². The summed E-state index contributed by atoms with van der Waals surface area (Å²) in [6.45, 7) is 9.98. The van der Waals surface area contributed by atoms with Crippen LogP contribution in [-0.4, -0.2) is 6.61 Å².